The summed E-state index contributed by atoms with van der Waals surface area (Å²) in [7, 11) is -1.70. The van der Waals surface area contributed by atoms with Gasteiger partial charge >= 0.3 is 0 Å². The van der Waals surface area contributed by atoms with Crippen molar-refractivity contribution < 1.29 is 13.2 Å². The van der Waals surface area contributed by atoms with E-state index in [-0.39, 0.29) is 11.0 Å². The van der Waals surface area contributed by atoms with Crippen molar-refractivity contribution >= 4 is 15.7 Å². The third-order valence-corrected chi connectivity index (χ3v) is 6.83. The van der Waals surface area contributed by atoms with Crippen molar-refractivity contribution in [2.75, 3.05) is 24.6 Å². The minimum Gasteiger partial charge on any atom is -0.496 e. The van der Waals surface area contributed by atoms with E-state index in [0.717, 1.165) is 34.3 Å². The van der Waals surface area contributed by atoms with Gasteiger partial charge in [0.1, 0.15) is 5.75 Å². The molecule has 0 aliphatic rings. The molecule has 0 bridgehead atoms. The molecule has 4 N–H and O–H groups in total. The highest BCUT2D eigenvalue weighted by molar-refractivity contribution is 7.92. The van der Waals surface area contributed by atoms with Crippen molar-refractivity contribution in [3.8, 4) is 16.9 Å². The minimum atomic E-state index is -3.36. The number of anilines is 1. The predicted molar refractivity (Wildman–Crippen MR) is 143 cm³/mol. The van der Waals surface area contributed by atoms with Crippen LogP contribution in [0.25, 0.3) is 11.1 Å². The zero-order chi connectivity index (χ0) is 26.0. The maximum atomic E-state index is 12.6. The molecule has 1 heterocycles. The van der Waals surface area contributed by atoms with Gasteiger partial charge in [-0.2, -0.15) is 0 Å². The summed E-state index contributed by atoms with van der Waals surface area (Å²) in [4.78, 5) is 15.3. The van der Waals surface area contributed by atoms with E-state index in [9.17, 15) is 13.2 Å². The van der Waals surface area contributed by atoms with Gasteiger partial charge in [-0.1, -0.05) is 39.8 Å². The molecule has 0 amide bonds. The molecule has 0 radical (unpaired) electrons. The summed E-state index contributed by atoms with van der Waals surface area (Å²) in [5, 5.41) is 0. The van der Waals surface area contributed by atoms with Gasteiger partial charge in [-0.05, 0) is 64.9 Å². The number of methoxy groups -OCH3 is 1. The average Bonchev–Trinajstić information content (AvgIpc) is 2.77. The number of sulfonamides is 1. The highest BCUT2D eigenvalue weighted by Gasteiger charge is 2.30. The van der Waals surface area contributed by atoms with E-state index < -0.39 is 15.4 Å². The fourth-order valence-electron chi connectivity index (χ4n) is 4.29. The molecule has 0 saturated heterocycles. The molecule has 0 saturated carbocycles. The molecule has 7 nitrogen and oxygen atoms in total. The van der Waals surface area contributed by atoms with Crippen molar-refractivity contribution in [1.82, 2.24) is 4.98 Å². The molecule has 1 aromatic heterocycles. The lowest BCUT2D eigenvalue weighted by Gasteiger charge is -2.32. The van der Waals surface area contributed by atoms with E-state index in [1.807, 2.05) is 36.4 Å². The first-order chi connectivity index (χ1) is 16.3. The summed E-state index contributed by atoms with van der Waals surface area (Å²) in [5.74, 6) is 0.781. The largest absolute Gasteiger partial charge is 0.496 e. The summed E-state index contributed by atoms with van der Waals surface area (Å²) in [6, 6.07) is 14.9. The van der Waals surface area contributed by atoms with Crippen molar-refractivity contribution in [2.24, 2.45) is 5.73 Å². The average molecular weight is 498 g/mol. The highest BCUT2D eigenvalue weighted by Crippen LogP contribution is 2.40. The van der Waals surface area contributed by atoms with E-state index in [2.05, 4.69) is 37.4 Å². The molecular formula is C27H35N3O4S. The van der Waals surface area contributed by atoms with Crippen molar-refractivity contribution in [2.45, 2.75) is 44.9 Å². The fourth-order valence-corrected chi connectivity index (χ4v) is 4.85. The van der Waals surface area contributed by atoms with Crippen LogP contribution >= 0.6 is 0 Å². The second kappa shape index (κ2) is 9.87. The zero-order valence-corrected chi connectivity index (χ0v) is 22.0. The van der Waals surface area contributed by atoms with E-state index in [0.29, 0.717) is 24.2 Å². The first-order valence-corrected chi connectivity index (χ1v) is 13.3. The number of ether oxygens (including phenoxy) is 1. The Morgan fingerprint density at radius 3 is 2.23 bits per heavy atom. The van der Waals surface area contributed by atoms with Crippen LogP contribution in [0, 0.1) is 0 Å². The second-order valence-corrected chi connectivity index (χ2v) is 12.0. The van der Waals surface area contributed by atoms with Gasteiger partial charge in [-0.25, -0.2) is 8.42 Å². The van der Waals surface area contributed by atoms with Gasteiger partial charge < -0.3 is 15.5 Å². The van der Waals surface area contributed by atoms with Crippen LogP contribution in [-0.4, -0.2) is 33.3 Å². The molecule has 3 aromatic rings. The Balaban J connectivity index is 2.14. The van der Waals surface area contributed by atoms with Crippen LogP contribution in [-0.2, 0) is 27.3 Å². The summed E-state index contributed by atoms with van der Waals surface area (Å²) >= 11 is 0. The Morgan fingerprint density at radius 2 is 1.71 bits per heavy atom. The van der Waals surface area contributed by atoms with Crippen LogP contribution in [0.2, 0.25) is 0 Å². The summed E-state index contributed by atoms with van der Waals surface area (Å²) < 4.78 is 31.5. The fraction of sp³-hybridized carbons (Fsp3) is 0.370. The normalized spacial score (nSPS) is 13.8. The van der Waals surface area contributed by atoms with Gasteiger partial charge in [0.25, 0.3) is 5.56 Å². The Hall–Kier alpha value is -3.10. The van der Waals surface area contributed by atoms with Crippen LogP contribution in [0.4, 0.5) is 5.69 Å². The molecule has 0 aliphatic heterocycles. The molecule has 3 rings (SSSR count). The van der Waals surface area contributed by atoms with Crippen LogP contribution in [0.3, 0.4) is 0 Å². The first-order valence-electron chi connectivity index (χ1n) is 11.5. The second-order valence-electron chi connectivity index (χ2n) is 10.3. The lowest BCUT2D eigenvalue weighted by Crippen LogP contribution is -2.34. The summed E-state index contributed by atoms with van der Waals surface area (Å²) in [5.41, 5.74) is 10.3. The van der Waals surface area contributed by atoms with Gasteiger partial charge in [0.05, 0.1) is 13.4 Å². The van der Waals surface area contributed by atoms with Crippen LogP contribution < -0.4 is 20.8 Å². The van der Waals surface area contributed by atoms with Gasteiger partial charge in [0.2, 0.25) is 10.0 Å². The Morgan fingerprint density at radius 1 is 1.06 bits per heavy atom. The van der Waals surface area contributed by atoms with Gasteiger partial charge in [-0.15, -0.1) is 0 Å². The lowest BCUT2D eigenvalue weighted by atomic mass is 9.75. The van der Waals surface area contributed by atoms with Crippen LogP contribution in [0.1, 0.15) is 44.4 Å². The third kappa shape index (κ3) is 6.13. The van der Waals surface area contributed by atoms with E-state index in [1.54, 1.807) is 25.4 Å². The molecule has 1 atom stereocenters. The Kier molecular flexibility index (Phi) is 7.48. The molecule has 0 spiro atoms. The minimum absolute atomic E-state index is 0.154. The predicted octanol–water partition coefficient (Wildman–Crippen LogP) is 4.18. The van der Waals surface area contributed by atoms with Crippen molar-refractivity contribution in [3.63, 3.8) is 0 Å². The molecule has 8 heteroatoms. The number of nitrogens with two attached hydrogens (primary N) is 1. The quantitative estimate of drug-likeness (QED) is 0.432. The first kappa shape index (κ1) is 26.5. The maximum absolute atomic E-state index is 12.6. The summed E-state index contributed by atoms with van der Waals surface area (Å²) in [6.45, 7) is 8.77. The highest BCUT2D eigenvalue weighted by atomic mass is 32.2. The van der Waals surface area contributed by atoms with Crippen molar-refractivity contribution in [1.29, 1.82) is 0 Å². The van der Waals surface area contributed by atoms with E-state index in [4.69, 9.17) is 10.5 Å². The van der Waals surface area contributed by atoms with Crippen molar-refractivity contribution in [3.05, 3.63) is 81.8 Å². The van der Waals surface area contributed by atoms with Crippen LogP contribution in [0.5, 0.6) is 5.75 Å². The number of hydrogen-bond acceptors (Lipinski definition) is 5. The Bertz CT molecular complexity index is 1360. The number of H-pyrrole nitrogens is 1. The number of aromatic nitrogens is 1. The molecule has 188 valence electrons. The van der Waals surface area contributed by atoms with Crippen LogP contribution in [0.15, 0.2) is 59.5 Å². The third-order valence-electron chi connectivity index (χ3n) is 6.22. The molecular weight excluding hydrogens is 462 g/mol. The molecule has 35 heavy (non-hydrogen) atoms. The van der Waals surface area contributed by atoms with E-state index >= 15 is 0 Å². The monoisotopic (exact) mass is 497 g/mol. The number of hydrogen-bond donors (Lipinski definition) is 3. The van der Waals surface area contributed by atoms with Gasteiger partial charge in [0, 0.05) is 35.0 Å². The SMILES string of the molecule is COc1c(CC(C)(CN)c2ccc(NS(C)(=O)=O)cc2)cc(-c2ccc[nH]c2=O)cc1C(C)(C)C. The number of rotatable bonds is 8. The lowest BCUT2D eigenvalue weighted by molar-refractivity contribution is 0.384. The molecule has 0 fully saturated rings. The topological polar surface area (TPSA) is 114 Å². The smallest absolute Gasteiger partial charge is 0.255 e. The zero-order valence-electron chi connectivity index (χ0n) is 21.2. The van der Waals surface area contributed by atoms with Gasteiger partial charge in [-0.3, -0.25) is 9.52 Å². The van der Waals surface area contributed by atoms with E-state index in [1.165, 1.54) is 0 Å². The molecule has 1 unspecified atom stereocenters. The summed E-state index contributed by atoms with van der Waals surface area (Å²) in [6.07, 6.45) is 3.30. The maximum Gasteiger partial charge on any atom is 0.255 e. The Labute approximate surface area is 207 Å². The molecule has 2 aromatic carbocycles. The number of pyridine rings is 1. The van der Waals surface area contributed by atoms with Gasteiger partial charge in [0.15, 0.2) is 0 Å². The number of aromatic amines is 1. The molecule has 0 aliphatic carbocycles. The standard InChI is InChI=1S/C27H35N3O4S/c1-26(2,3)23-15-18(22-8-7-13-29-25(22)31)14-19(24(23)34-5)16-27(4,17-28)20-9-11-21(12-10-20)30-35(6,32)33/h7-15,30H,16-17,28H2,1-6H3,(H,29,31). The number of benzene rings is 2. The number of nitrogens with one attached hydrogen (secondary N) is 2.